The summed E-state index contributed by atoms with van der Waals surface area (Å²) in [6, 6.07) is 0.440. The molecule has 82 valence electrons. The van der Waals surface area contributed by atoms with Crippen molar-refractivity contribution in [3.63, 3.8) is 0 Å². The van der Waals surface area contributed by atoms with E-state index in [0.717, 1.165) is 25.3 Å². The Balaban J connectivity index is 2.14. The van der Waals surface area contributed by atoms with Gasteiger partial charge in [0.2, 0.25) is 5.91 Å². The number of carbonyl (C=O) groups is 1. The van der Waals surface area contributed by atoms with Crippen molar-refractivity contribution in [3.05, 3.63) is 0 Å². The lowest BCUT2D eigenvalue weighted by Crippen LogP contribution is -2.38. The normalized spacial score (nSPS) is 27.3. The first kappa shape index (κ1) is 11.5. The number of rotatable bonds is 4. The smallest absolute Gasteiger partial charge is 0.221 e. The molecule has 0 spiro atoms. The summed E-state index contributed by atoms with van der Waals surface area (Å²) in [7, 11) is 1.87. The number of hydrogen-bond donors (Lipinski definition) is 2. The molecule has 2 N–H and O–H groups in total. The molecule has 0 aromatic carbocycles. The first-order valence-electron chi connectivity index (χ1n) is 5.66. The van der Waals surface area contributed by atoms with Gasteiger partial charge in [0.1, 0.15) is 0 Å². The van der Waals surface area contributed by atoms with Crippen LogP contribution in [0.25, 0.3) is 0 Å². The fourth-order valence-corrected chi connectivity index (χ4v) is 1.94. The van der Waals surface area contributed by atoms with E-state index in [9.17, 15) is 4.79 Å². The van der Waals surface area contributed by atoms with Crippen LogP contribution in [0, 0.1) is 5.92 Å². The van der Waals surface area contributed by atoms with E-state index in [1.165, 1.54) is 12.8 Å². The van der Waals surface area contributed by atoms with Crippen molar-refractivity contribution in [2.24, 2.45) is 5.92 Å². The van der Waals surface area contributed by atoms with Gasteiger partial charge in [0.15, 0.2) is 0 Å². The topological polar surface area (TPSA) is 41.1 Å². The molecule has 0 radical (unpaired) electrons. The average Bonchev–Trinajstić information content (AvgIpc) is 2.18. The molecule has 3 nitrogen and oxygen atoms in total. The van der Waals surface area contributed by atoms with Gasteiger partial charge in [-0.25, -0.2) is 0 Å². The van der Waals surface area contributed by atoms with E-state index in [4.69, 9.17) is 0 Å². The highest BCUT2D eigenvalue weighted by molar-refractivity contribution is 5.76. The van der Waals surface area contributed by atoms with Crippen LogP contribution < -0.4 is 10.6 Å². The lowest BCUT2D eigenvalue weighted by molar-refractivity contribution is -0.121. The Kier molecular flexibility index (Phi) is 4.94. The average molecular weight is 198 g/mol. The highest BCUT2D eigenvalue weighted by Gasteiger charge is 2.19. The summed E-state index contributed by atoms with van der Waals surface area (Å²) in [5.41, 5.74) is 0. The molecule has 3 heteroatoms. The zero-order valence-corrected chi connectivity index (χ0v) is 9.31. The van der Waals surface area contributed by atoms with Gasteiger partial charge in [0, 0.05) is 19.0 Å². The molecule has 0 aromatic rings. The van der Waals surface area contributed by atoms with Crippen LogP contribution >= 0.6 is 0 Å². The second-order valence-electron chi connectivity index (χ2n) is 4.38. The minimum Gasteiger partial charge on any atom is -0.353 e. The van der Waals surface area contributed by atoms with Crippen molar-refractivity contribution in [1.29, 1.82) is 0 Å². The van der Waals surface area contributed by atoms with Gasteiger partial charge in [-0.15, -0.1) is 0 Å². The fraction of sp³-hybridized carbons (Fsp3) is 0.909. The summed E-state index contributed by atoms with van der Waals surface area (Å²) < 4.78 is 0. The maximum absolute atomic E-state index is 11.4. The fourth-order valence-electron chi connectivity index (χ4n) is 1.94. The molecule has 14 heavy (non-hydrogen) atoms. The van der Waals surface area contributed by atoms with E-state index >= 15 is 0 Å². The molecule has 1 amide bonds. The minimum absolute atomic E-state index is 0.193. The number of nitrogens with one attached hydrogen (secondary N) is 2. The molecule has 1 fully saturated rings. The van der Waals surface area contributed by atoms with E-state index in [-0.39, 0.29) is 5.91 Å². The third-order valence-corrected chi connectivity index (χ3v) is 2.98. The molecule has 1 aliphatic rings. The van der Waals surface area contributed by atoms with Gasteiger partial charge < -0.3 is 10.6 Å². The molecular formula is C11H22N2O. The van der Waals surface area contributed by atoms with Crippen LogP contribution in [0.3, 0.4) is 0 Å². The maximum atomic E-state index is 11.4. The van der Waals surface area contributed by atoms with Crippen molar-refractivity contribution < 1.29 is 4.79 Å². The van der Waals surface area contributed by atoms with E-state index in [0.29, 0.717) is 12.5 Å². The zero-order valence-electron chi connectivity index (χ0n) is 9.31. The second-order valence-corrected chi connectivity index (χ2v) is 4.38. The quantitative estimate of drug-likeness (QED) is 0.714. The van der Waals surface area contributed by atoms with Crippen LogP contribution in [0.15, 0.2) is 0 Å². The molecule has 0 bridgehead atoms. The molecule has 0 aromatic heterocycles. The Bertz CT molecular complexity index is 174. The Morgan fingerprint density at radius 1 is 1.29 bits per heavy atom. The standard InChI is InChI=1S/C11H22N2O/c1-9-3-5-10(6-4-9)13-11(14)7-8-12-2/h9-10,12H,3-8H2,1-2H3,(H,13,14). The van der Waals surface area contributed by atoms with Crippen LogP contribution in [0.4, 0.5) is 0 Å². The third kappa shape index (κ3) is 4.09. The second kappa shape index (κ2) is 6.02. The largest absolute Gasteiger partial charge is 0.353 e. The molecule has 1 aliphatic carbocycles. The van der Waals surface area contributed by atoms with Crippen molar-refractivity contribution in [2.75, 3.05) is 13.6 Å². The Hall–Kier alpha value is -0.570. The highest BCUT2D eigenvalue weighted by atomic mass is 16.1. The number of carbonyl (C=O) groups excluding carboxylic acids is 1. The molecular weight excluding hydrogens is 176 g/mol. The Morgan fingerprint density at radius 3 is 2.50 bits per heavy atom. The van der Waals surface area contributed by atoms with Crippen molar-refractivity contribution in [2.45, 2.75) is 45.1 Å². The molecule has 1 rings (SSSR count). The molecule has 0 aliphatic heterocycles. The summed E-state index contributed by atoms with van der Waals surface area (Å²) in [6.07, 6.45) is 5.44. The SMILES string of the molecule is CNCCC(=O)NC1CCC(C)CC1. The van der Waals surface area contributed by atoms with Gasteiger partial charge in [0.25, 0.3) is 0 Å². The van der Waals surface area contributed by atoms with Crippen LogP contribution in [0.5, 0.6) is 0 Å². The van der Waals surface area contributed by atoms with Gasteiger partial charge >= 0.3 is 0 Å². The van der Waals surface area contributed by atoms with Crippen molar-refractivity contribution >= 4 is 5.91 Å². The van der Waals surface area contributed by atoms with Gasteiger partial charge in [0.05, 0.1) is 0 Å². The molecule has 0 atom stereocenters. The zero-order chi connectivity index (χ0) is 10.4. The van der Waals surface area contributed by atoms with Crippen LogP contribution in [0.1, 0.15) is 39.0 Å². The van der Waals surface area contributed by atoms with Gasteiger partial charge in [-0.2, -0.15) is 0 Å². The minimum atomic E-state index is 0.193. The van der Waals surface area contributed by atoms with Gasteiger partial charge in [-0.3, -0.25) is 4.79 Å². The summed E-state index contributed by atoms with van der Waals surface area (Å²) in [5, 5.41) is 6.08. The predicted octanol–water partition coefficient (Wildman–Crippen LogP) is 1.29. The molecule has 0 unspecified atom stereocenters. The van der Waals surface area contributed by atoms with Crippen LogP contribution in [0.2, 0.25) is 0 Å². The Labute approximate surface area is 86.6 Å². The molecule has 0 heterocycles. The number of amides is 1. The summed E-state index contributed by atoms with van der Waals surface area (Å²) >= 11 is 0. The lowest BCUT2D eigenvalue weighted by atomic mass is 9.87. The highest BCUT2D eigenvalue weighted by Crippen LogP contribution is 2.23. The van der Waals surface area contributed by atoms with Crippen molar-refractivity contribution in [1.82, 2.24) is 10.6 Å². The molecule has 0 saturated heterocycles. The summed E-state index contributed by atoms with van der Waals surface area (Å²) in [4.78, 5) is 11.4. The monoisotopic (exact) mass is 198 g/mol. The Morgan fingerprint density at radius 2 is 1.93 bits per heavy atom. The third-order valence-electron chi connectivity index (χ3n) is 2.98. The van der Waals surface area contributed by atoms with E-state index in [2.05, 4.69) is 17.6 Å². The van der Waals surface area contributed by atoms with Crippen LogP contribution in [-0.2, 0) is 4.79 Å². The van der Waals surface area contributed by atoms with Crippen molar-refractivity contribution in [3.8, 4) is 0 Å². The van der Waals surface area contributed by atoms with Gasteiger partial charge in [-0.1, -0.05) is 6.92 Å². The first-order chi connectivity index (χ1) is 6.72. The maximum Gasteiger partial charge on any atom is 0.221 e. The number of hydrogen-bond acceptors (Lipinski definition) is 2. The molecule has 1 saturated carbocycles. The first-order valence-corrected chi connectivity index (χ1v) is 5.66. The van der Waals surface area contributed by atoms with E-state index in [1.807, 2.05) is 7.05 Å². The summed E-state index contributed by atoms with van der Waals surface area (Å²) in [6.45, 7) is 3.06. The van der Waals surface area contributed by atoms with E-state index < -0.39 is 0 Å². The predicted molar refractivity (Wildman–Crippen MR) is 58.1 cm³/mol. The summed E-state index contributed by atoms with van der Waals surface area (Å²) in [5.74, 6) is 1.04. The van der Waals surface area contributed by atoms with Crippen LogP contribution in [-0.4, -0.2) is 25.5 Å². The lowest BCUT2D eigenvalue weighted by Gasteiger charge is -2.26. The van der Waals surface area contributed by atoms with E-state index in [1.54, 1.807) is 0 Å². The van der Waals surface area contributed by atoms with Gasteiger partial charge in [-0.05, 0) is 38.6 Å².